The second kappa shape index (κ2) is 5.79. The van der Waals surface area contributed by atoms with Gasteiger partial charge in [0.25, 0.3) is 0 Å². The molecule has 0 unspecified atom stereocenters. The zero-order chi connectivity index (χ0) is 16.6. The Morgan fingerprint density at radius 1 is 1.35 bits per heavy atom. The molecule has 1 heterocycles. The Morgan fingerprint density at radius 3 is 2.83 bits per heavy atom. The van der Waals surface area contributed by atoms with Gasteiger partial charge in [0.2, 0.25) is 5.91 Å². The number of amides is 1. The lowest BCUT2D eigenvalue weighted by Crippen LogP contribution is -2.16. The van der Waals surface area contributed by atoms with E-state index in [1.807, 2.05) is 0 Å². The Labute approximate surface area is 129 Å². The van der Waals surface area contributed by atoms with Crippen LogP contribution >= 0.6 is 0 Å². The lowest BCUT2D eigenvalue weighted by Gasteiger charge is -2.03. The average molecular weight is 321 g/mol. The van der Waals surface area contributed by atoms with E-state index in [-0.39, 0.29) is 24.2 Å². The van der Waals surface area contributed by atoms with Crippen molar-refractivity contribution in [2.75, 3.05) is 5.32 Å². The van der Waals surface area contributed by atoms with E-state index in [9.17, 15) is 18.4 Å². The Morgan fingerprint density at radius 2 is 2.13 bits per heavy atom. The van der Waals surface area contributed by atoms with Crippen LogP contribution in [-0.2, 0) is 16.1 Å². The first-order valence-corrected chi connectivity index (χ1v) is 6.95. The van der Waals surface area contributed by atoms with Crippen molar-refractivity contribution in [3.05, 3.63) is 47.7 Å². The van der Waals surface area contributed by atoms with Gasteiger partial charge in [-0.2, -0.15) is 5.10 Å². The molecule has 0 radical (unpaired) electrons. The van der Waals surface area contributed by atoms with E-state index in [0.29, 0.717) is 12.0 Å². The van der Waals surface area contributed by atoms with Crippen molar-refractivity contribution in [3.8, 4) is 0 Å². The highest BCUT2D eigenvalue weighted by atomic mass is 19.1. The van der Waals surface area contributed by atoms with Crippen molar-refractivity contribution in [3.63, 3.8) is 0 Å². The third-order valence-electron chi connectivity index (χ3n) is 3.68. The van der Waals surface area contributed by atoms with Crippen molar-refractivity contribution in [1.82, 2.24) is 9.78 Å². The second-order valence-electron chi connectivity index (χ2n) is 5.40. The summed E-state index contributed by atoms with van der Waals surface area (Å²) in [4.78, 5) is 22.7. The first-order chi connectivity index (χ1) is 10.9. The molecule has 1 aliphatic carbocycles. The van der Waals surface area contributed by atoms with E-state index in [4.69, 9.17) is 5.11 Å². The summed E-state index contributed by atoms with van der Waals surface area (Å²) < 4.78 is 27.8. The maximum Gasteiger partial charge on any atom is 0.325 e. The first-order valence-electron chi connectivity index (χ1n) is 6.95. The molecular weight excluding hydrogens is 308 g/mol. The number of carbonyl (C=O) groups is 2. The van der Waals surface area contributed by atoms with E-state index in [1.54, 1.807) is 0 Å². The van der Waals surface area contributed by atoms with Crippen LogP contribution in [0.25, 0.3) is 0 Å². The third-order valence-corrected chi connectivity index (χ3v) is 3.68. The molecule has 2 aromatic rings. The Kier molecular flexibility index (Phi) is 3.81. The van der Waals surface area contributed by atoms with Crippen LogP contribution in [0, 0.1) is 17.6 Å². The SMILES string of the molecule is O=C(O)Cn1ccc(NC(=O)[C@H]2C[C@H]2c2ccc(F)cc2F)n1. The van der Waals surface area contributed by atoms with E-state index in [2.05, 4.69) is 10.4 Å². The molecule has 8 heteroatoms. The van der Waals surface area contributed by atoms with E-state index < -0.39 is 23.5 Å². The highest BCUT2D eigenvalue weighted by Gasteiger charge is 2.45. The largest absolute Gasteiger partial charge is 0.480 e. The number of anilines is 1. The van der Waals surface area contributed by atoms with Crippen LogP contribution in [0.15, 0.2) is 30.5 Å². The summed E-state index contributed by atoms with van der Waals surface area (Å²) >= 11 is 0. The third kappa shape index (κ3) is 3.36. The molecule has 23 heavy (non-hydrogen) atoms. The number of hydrogen-bond acceptors (Lipinski definition) is 3. The van der Waals surface area contributed by atoms with Gasteiger partial charge in [-0.3, -0.25) is 14.3 Å². The van der Waals surface area contributed by atoms with Gasteiger partial charge in [-0.15, -0.1) is 0 Å². The number of carbonyl (C=O) groups excluding carboxylic acids is 1. The number of nitrogens with zero attached hydrogens (tertiary/aromatic N) is 2. The quantitative estimate of drug-likeness (QED) is 0.882. The van der Waals surface area contributed by atoms with Crippen molar-refractivity contribution in [2.45, 2.75) is 18.9 Å². The zero-order valence-corrected chi connectivity index (χ0v) is 11.9. The molecule has 1 amide bonds. The lowest BCUT2D eigenvalue weighted by molar-refractivity contribution is -0.137. The number of nitrogens with one attached hydrogen (secondary N) is 1. The summed E-state index contributed by atoms with van der Waals surface area (Å²) in [7, 11) is 0. The van der Waals surface area contributed by atoms with Crippen LogP contribution in [-0.4, -0.2) is 26.8 Å². The van der Waals surface area contributed by atoms with Gasteiger partial charge in [-0.1, -0.05) is 6.07 Å². The number of hydrogen-bond donors (Lipinski definition) is 2. The van der Waals surface area contributed by atoms with Gasteiger partial charge >= 0.3 is 5.97 Å². The molecule has 1 aromatic heterocycles. The molecule has 2 atom stereocenters. The lowest BCUT2D eigenvalue weighted by atomic mass is 10.1. The molecule has 6 nitrogen and oxygen atoms in total. The van der Waals surface area contributed by atoms with Crippen LogP contribution in [0.4, 0.5) is 14.6 Å². The number of halogens is 2. The Balaban J connectivity index is 1.62. The van der Waals surface area contributed by atoms with Crippen LogP contribution < -0.4 is 5.32 Å². The van der Waals surface area contributed by atoms with Crippen LogP contribution in [0.5, 0.6) is 0 Å². The predicted molar refractivity (Wildman–Crippen MR) is 75.7 cm³/mol. The average Bonchev–Trinajstić information content (AvgIpc) is 3.13. The molecule has 1 saturated carbocycles. The molecule has 3 rings (SSSR count). The summed E-state index contributed by atoms with van der Waals surface area (Å²) in [6, 6.07) is 4.80. The minimum Gasteiger partial charge on any atom is -0.480 e. The summed E-state index contributed by atoms with van der Waals surface area (Å²) in [5, 5.41) is 15.1. The number of carboxylic acids is 1. The minimum atomic E-state index is -1.04. The molecule has 0 bridgehead atoms. The monoisotopic (exact) mass is 321 g/mol. The predicted octanol–water partition coefficient (Wildman–Crippen LogP) is 1.99. The van der Waals surface area contributed by atoms with Crippen molar-refractivity contribution < 1.29 is 23.5 Å². The van der Waals surface area contributed by atoms with Crippen LogP contribution in [0.3, 0.4) is 0 Å². The highest BCUT2D eigenvalue weighted by molar-refractivity contribution is 5.94. The summed E-state index contributed by atoms with van der Waals surface area (Å²) in [5.41, 5.74) is 0.322. The normalized spacial score (nSPS) is 19.4. The number of aromatic nitrogens is 2. The Hall–Kier alpha value is -2.77. The van der Waals surface area contributed by atoms with E-state index in [0.717, 1.165) is 6.07 Å². The molecule has 0 spiro atoms. The summed E-state index contributed by atoms with van der Waals surface area (Å²) in [6.07, 6.45) is 1.91. The fourth-order valence-electron chi connectivity index (χ4n) is 2.50. The second-order valence-corrected chi connectivity index (χ2v) is 5.40. The van der Waals surface area contributed by atoms with Gasteiger partial charge < -0.3 is 10.4 Å². The number of carboxylic acid groups (broad SMARTS) is 1. The fourth-order valence-corrected chi connectivity index (χ4v) is 2.50. The number of aliphatic carboxylic acids is 1. The first kappa shape index (κ1) is 15.1. The van der Waals surface area contributed by atoms with Gasteiger partial charge in [-0.05, 0) is 24.0 Å². The molecule has 1 aromatic carbocycles. The van der Waals surface area contributed by atoms with Gasteiger partial charge in [0.15, 0.2) is 5.82 Å². The molecule has 2 N–H and O–H groups in total. The standard InChI is InChI=1S/C15H13F2N3O3/c16-8-1-2-9(12(17)5-8)10-6-11(10)15(23)18-13-3-4-20(19-13)7-14(21)22/h1-5,10-11H,6-7H2,(H,21,22)(H,18,19,23)/t10-,11-/m0/s1. The topological polar surface area (TPSA) is 84.2 Å². The van der Waals surface area contributed by atoms with Crippen molar-refractivity contribution in [2.24, 2.45) is 5.92 Å². The van der Waals surface area contributed by atoms with E-state index in [1.165, 1.54) is 29.1 Å². The molecule has 1 fully saturated rings. The maximum atomic E-state index is 13.7. The van der Waals surface area contributed by atoms with E-state index >= 15 is 0 Å². The molecule has 120 valence electrons. The molecule has 0 aliphatic heterocycles. The van der Waals surface area contributed by atoms with Crippen LogP contribution in [0.1, 0.15) is 17.9 Å². The van der Waals surface area contributed by atoms with Gasteiger partial charge in [0, 0.05) is 24.2 Å². The van der Waals surface area contributed by atoms with Crippen molar-refractivity contribution in [1.29, 1.82) is 0 Å². The molecule has 1 aliphatic rings. The number of rotatable bonds is 5. The fraction of sp³-hybridized carbons (Fsp3) is 0.267. The maximum absolute atomic E-state index is 13.7. The smallest absolute Gasteiger partial charge is 0.325 e. The summed E-state index contributed by atoms with van der Waals surface area (Å²) in [5.74, 6) is -3.12. The van der Waals surface area contributed by atoms with Gasteiger partial charge in [0.1, 0.15) is 18.2 Å². The van der Waals surface area contributed by atoms with Gasteiger partial charge in [0.05, 0.1) is 0 Å². The molecular formula is C15H13F2N3O3. The zero-order valence-electron chi connectivity index (χ0n) is 11.9. The minimum absolute atomic E-state index is 0.237. The molecule has 0 saturated heterocycles. The number of benzene rings is 1. The van der Waals surface area contributed by atoms with Crippen molar-refractivity contribution >= 4 is 17.7 Å². The highest BCUT2D eigenvalue weighted by Crippen LogP contribution is 2.48. The van der Waals surface area contributed by atoms with Gasteiger partial charge in [-0.25, -0.2) is 8.78 Å². The van der Waals surface area contributed by atoms with Crippen LogP contribution in [0.2, 0.25) is 0 Å². The Bertz CT molecular complexity index is 775. The summed E-state index contributed by atoms with van der Waals surface area (Å²) in [6.45, 7) is -0.303.